The van der Waals surface area contributed by atoms with E-state index in [2.05, 4.69) is 116 Å². The van der Waals surface area contributed by atoms with Gasteiger partial charge in [-0.05, 0) is 52.9 Å². The summed E-state index contributed by atoms with van der Waals surface area (Å²) in [5.41, 5.74) is 10.3. The molecule has 5 rings (SSSR count). The van der Waals surface area contributed by atoms with Crippen molar-refractivity contribution in [1.29, 1.82) is 0 Å². The Morgan fingerprint density at radius 3 is 1.48 bits per heavy atom. The largest absolute Gasteiger partial charge is 0.248 e. The molecule has 0 radical (unpaired) electrons. The van der Waals surface area contributed by atoms with Crippen molar-refractivity contribution in [3.63, 3.8) is 0 Å². The minimum Gasteiger partial charge on any atom is -0.248 e. The van der Waals surface area contributed by atoms with Crippen LogP contribution in [0.2, 0.25) is 0 Å². The van der Waals surface area contributed by atoms with Crippen LogP contribution in [0.4, 0.5) is 0 Å². The van der Waals surface area contributed by atoms with Crippen LogP contribution in [0.15, 0.2) is 121 Å². The van der Waals surface area contributed by atoms with Crippen molar-refractivity contribution in [3.8, 4) is 44.8 Å². The molecule has 0 bridgehead atoms. The van der Waals surface area contributed by atoms with E-state index in [4.69, 9.17) is 4.98 Å². The quantitative estimate of drug-likeness (QED) is 0.299. The molecular formula is C30H23N. The molecule has 0 spiro atoms. The number of nitrogens with zero attached hydrogens (tertiary/aromatic N) is 1. The molecule has 4 aromatic carbocycles. The Labute approximate surface area is 183 Å². The molecule has 5 aromatic rings. The fraction of sp³-hybridized carbons (Fsp3) is 0.0333. The molecule has 1 heteroatoms. The van der Waals surface area contributed by atoms with E-state index < -0.39 is 0 Å². The summed E-state index contributed by atoms with van der Waals surface area (Å²) in [5.74, 6) is 0. The second kappa shape index (κ2) is 8.41. The maximum absolute atomic E-state index is 5.01. The van der Waals surface area contributed by atoms with Gasteiger partial charge in [0.2, 0.25) is 0 Å². The molecule has 0 amide bonds. The molecule has 0 saturated heterocycles. The number of aryl methyl sites for hydroxylation is 1. The fourth-order valence-corrected chi connectivity index (χ4v) is 3.92. The highest BCUT2D eigenvalue weighted by Gasteiger charge is 2.08. The molecule has 0 aliphatic rings. The van der Waals surface area contributed by atoms with Gasteiger partial charge in [-0.2, -0.15) is 0 Å². The fourth-order valence-electron chi connectivity index (χ4n) is 3.92. The van der Waals surface area contributed by atoms with Crippen LogP contribution in [0.5, 0.6) is 0 Å². The second-order valence-corrected chi connectivity index (χ2v) is 7.81. The Morgan fingerprint density at radius 1 is 0.387 bits per heavy atom. The lowest BCUT2D eigenvalue weighted by Crippen LogP contribution is -1.91. The van der Waals surface area contributed by atoms with Crippen LogP contribution >= 0.6 is 0 Å². The zero-order chi connectivity index (χ0) is 21.0. The summed E-state index contributed by atoms with van der Waals surface area (Å²) in [6, 6.07) is 42.5. The van der Waals surface area contributed by atoms with Crippen LogP contribution < -0.4 is 0 Å². The lowest BCUT2D eigenvalue weighted by molar-refractivity contribution is 1.29. The maximum Gasteiger partial charge on any atom is 0.0712 e. The third kappa shape index (κ3) is 4.17. The van der Waals surface area contributed by atoms with Crippen molar-refractivity contribution in [2.24, 2.45) is 0 Å². The Balaban J connectivity index is 1.50. The van der Waals surface area contributed by atoms with Crippen LogP contribution in [0.25, 0.3) is 44.8 Å². The Morgan fingerprint density at radius 2 is 0.839 bits per heavy atom. The highest BCUT2D eigenvalue weighted by molar-refractivity contribution is 5.74. The van der Waals surface area contributed by atoms with Crippen LogP contribution in [0, 0.1) is 6.92 Å². The summed E-state index contributed by atoms with van der Waals surface area (Å²) < 4.78 is 0. The van der Waals surface area contributed by atoms with E-state index in [1.54, 1.807) is 0 Å². The second-order valence-electron chi connectivity index (χ2n) is 7.81. The van der Waals surface area contributed by atoms with Crippen LogP contribution in [0.3, 0.4) is 0 Å². The monoisotopic (exact) mass is 397 g/mol. The predicted octanol–water partition coefficient (Wildman–Crippen LogP) is 8.06. The molecule has 31 heavy (non-hydrogen) atoms. The number of benzene rings is 4. The minimum absolute atomic E-state index is 1.000. The summed E-state index contributed by atoms with van der Waals surface area (Å²) in [6.45, 7) is 2.13. The highest BCUT2D eigenvalue weighted by atomic mass is 14.7. The molecular weight excluding hydrogens is 374 g/mol. The predicted molar refractivity (Wildman–Crippen MR) is 131 cm³/mol. The lowest BCUT2D eigenvalue weighted by atomic mass is 9.99. The topological polar surface area (TPSA) is 12.9 Å². The molecule has 0 aliphatic carbocycles. The van der Waals surface area contributed by atoms with E-state index in [1.165, 1.54) is 27.8 Å². The average molecular weight is 398 g/mol. The minimum atomic E-state index is 1.000. The van der Waals surface area contributed by atoms with Gasteiger partial charge < -0.3 is 0 Å². The molecule has 0 saturated carbocycles. The van der Waals surface area contributed by atoms with Gasteiger partial charge in [-0.3, -0.25) is 0 Å². The van der Waals surface area contributed by atoms with Crippen LogP contribution in [-0.2, 0) is 0 Å². The van der Waals surface area contributed by atoms with Crippen molar-refractivity contribution in [1.82, 2.24) is 4.98 Å². The first-order valence-electron chi connectivity index (χ1n) is 10.6. The maximum atomic E-state index is 5.01. The average Bonchev–Trinajstić information content (AvgIpc) is 2.85. The molecule has 0 unspecified atom stereocenters. The molecule has 0 N–H and O–H groups in total. The van der Waals surface area contributed by atoms with E-state index >= 15 is 0 Å². The number of aromatic nitrogens is 1. The zero-order valence-corrected chi connectivity index (χ0v) is 17.5. The highest BCUT2D eigenvalue weighted by Crippen LogP contribution is 2.29. The standard InChI is InChI=1S/C30H23N/c1-22-19-29(26-17-15-25(16-18-26)23-9-4-2-5-10-23)31-30(20-22)28-14-8-13-27(21-28)24-11-6-3-7-12-24/h2-21H,1H3. The first kappa shape index (κ1) is 19.0. The Hall–Kier alpha value is -3.97. The zero-order valence-electron chi connectivity index (χ0n) is 17.5. The first-order chi connectivity index (χ1) is 15.3. The number of hydrogen-bond acceptors (Lipinski definition) is 1. The van der Waals surface area contributed by atoms with E-state index in [0.29, 0.717) is 0 Å². The van der Waals surface area contributed by atoms with Gasteiger partial charge in [0.05, 0.1) is 11.4 Å². The molecule has 0 aliphatic heterocycles. The first-order valence-corrected chi connectivity index (χ1v) is 10.6. The van der Waals surface area contributed by atoms with Crippen molar-refractivity contribution >= 4 is 0 Å². The molecule has 148 valence electrons. The Kier molecular flexibility index (Phi) is 5.16. The van der Waals surface area contributed by atoms with Gasteiger partial charge in [0.1, 0.15) is 0 Å². The van der Waals surface area contributed by atoms with Crippen molar-refractivity contribution in [3.05, 3.63) is 127 Å². The summed E-state index contributed by atoms with van der Waals surface area (Å²) in [7, 11) is 0. The van der Waals surface area contributed by atoms with Gasteiger partial charge in [0, 0.05) is 11.1 Å². The molecule has 0 fully saturated rings. The van der Waals surface area contributed by atoms with Crippen molar-refractivity contribution in [2.45, 2.75) is 6.92 Å². The molecule has 0 atom stereocenters. The lowest BCUT2D eigenvalue weighted by Gasteiger charge is -2.10. The smallest absolute Gasteiger partial charge is 0.0712 e. The van der Waals surface area contributed by atoms with Gasteiger partial charge in [0.25, 0.3) is 0 Å². The van der Waals surface area contributed by atoms with E-state index in [1.807, 2.05) is 12.1 Å². The van der Waals surface area contributed by atoms with Crippen LogP contribution in [-0.4, -0.2) is 4.98 Å². The normalized spacial score (nSPS) is 10.7. The van der Waals surface area contributed by atoms with Gasteiger partial charge in [-0.1, -0.05) is 103 Å². The molecule has 1 nitrogen and oxygen atoms in total. The van der Waals surface area contributed by atoms with E-state index in [0.717, 1.165) is 22.5 Å². The SMILES string of the molecule is Cc1cc(-c2ccc(-c3ccccc3)cc2)nc(-c2cccc(-c3ccccc3)c2)c1. The summed E-state index contributed by atoms with van der Waals surface area (Å²) in [5, 5.41) is 0. The van der Waals surface area contributed by atoms with E-state index in [9.17, 15) is 0 Å². The summed E-state index contributed by atoms with van der Waals surface area (Å²) in [4.78, 5) is 5.01. The van der Waals surface area contributed by atoms with Gasteiger partial charge in [-0.25, -0.2) is 4.98 Å². The summed E-state index contributed by atoms with van der Waals surface area (Å²) >= 11 is 0. The van der Waals surface area contributed by atoms with Crippen molar-refractivity contribution in [2.75, 3.05) is 0 Å². The molecule has 1 heterocycles. The van der Waals surface area contributed by atoms with E-state index in [-0.39, 0.29) is 0 Å². The van der Waals surface area contributed by atoms with Gasteiger partial charge in [0.15, 0.2) is 0 Å². The number of pyridine rings is 1. The Bertz CT molecular complexity index is 1300. The summed E-state index contributed by atoms with van der Waals surface area (Å²) in [6.07, 6.45) is 0. The number of rotatable bonds is 4. The number of hydrogen-bond donors (Lipinski definition) is 0. The van der Waals surface area contributed by atoms with Gasteiger partial charge >= 0.3 is 0 Å². The molecule has 1 aromatic heterocycles. The van der Waals surface area contributed by atoms with Crippen molar-refractivity contribution < 1.29 is 0 Å². The third-order valence-electron chi connectivity index (χ3n) is 5.52. The van der Waals surface area contributed by atoms with Gasteiger partial charge in [-0.15, -0.1) is 0 Å². The van der Waals surface area contributed by atoms with Crippen LogP contribution in [0.1, 0.15) is 5.56 Å². The third-order valence-corrected chi connectivity index (χ3v) is 5.52.